The molecular formula is C30H36N4O3S. The summed E-state index contributed by atoms with van der Waals surface area (Å²) in [6, 6.07) is 19.1. The summed E-state index contributed by atoms with van der Waals surface area (Å²) < 4.78 is 12.9. The number of aromatic nitrogens is 3. The first-order valence-electron chi connectivity index (χ1n) is 12.8. The molecule has 2 aromatic carbocycles. The van der Waals surface area contributed by atoms with Crippen LogP contribution >= 0.6 is 10.0 Å². The third-order valence-electron chi connectivity index (χ3n) is 7.31. The Bertz CT molecular complexity index is 1420. The molecule has 0 radical (unpaired) electrons. The fourth-order valence-corrected chi connectivity index (χ4v) is 5.86. The van der Waals surface area contributed by atoms with Gasteiger partial charge in [0.25, 0.3) is 0 Å². The zero-order valence-corrected chi connectivity index (χ0v) is 23.4. The Morgan fingerprint density at radius 2 is 1.82 bits per heavy atom. The van der Waals surface area contributed by atoms with Crippen LogP contribution in [-0.4, -0.2) is 65.4 Å². The lowest BCUT2D eigenvalue weighted by atomic mass is 9.77. The molecule has 1 N–H and O–H groups in total. The van der Waals surface area contributed by atoms with Crippen LogP contribution in [-0.2, 0) is 34.5 Å². The summed E-state index contributed by atoms with van der Waals surface area (Å²) in [5.74, 6) is 1.08. The standard InChI is InChI=1S/C30H36N4O3S/c1-36-29(35)31-19-30(17-23-8-5-6-9-24(23)18-30)25-11-7-10-22(16-25)27-26-12-13-34(28(26)33-20-32-27)21-37-14-15-38(2,3)4/h5-13,16,20H,14-15,17-19,21H2,1-4H3,(H,31,35). The second-order valence-corrected chi connectivity index (χ2v) is 15.5. The van der Waals surface area contributed by atoms with E-state index in [0.29, 0.717) is 13.3 Å². The number of benzene rings is 2. The maximum Gasteiger partial charge on any atom is 0.406 e. The van der Waals surface area contributed by atoms with Gasteiger partial charge in [-0.2, -0.15) is 0 Å². The molecule has 0 saturated heterocycles. The number of methoxy groups -OCH3 is 1. The monoisotopic (exact) mass is 532 g/mol. The molecule has 2 aromatic heterocycles. The van der Waals surface area contributed by atoms with Crippen LogP contribution < -0.4 is 5.32 Å². The molecule has 8 heteroatoms. The summed E-state index contributed by atoms with van der Waals surface area (Å²) in [6.07, 6.45) is 11.8. The average Bonchev–Trinajstić information content (AvgIpc) is 3.51. The molecule has 1 aliphatic carbocycles. The van der Waals surface area contributed by atoms with Crippen molar-refractivity contribution in [3.63, 3.8) is 0 Å². The van der Waals surface area contributed by atoms with Gasteiger partial charge < -0.3 is 19.4 Å². The van der Waals surface area contributed by atoms with Crippen molar-refractivity contribution in [2.75, 3.05) is 44.8 Å². The molecule has 0 aliphatic heterocycles. The molecule has 0 saturated carbocycles. The lowest BCUT2D eigenvalue weighted by Gasteiger charge is -2.30. The third kappa shape index (κ3) is 5.56. The van der Waals surface area contributed by atoms with Crippen LogP contribution in [0, 0.1) is 0 Å². The van der Waals surface area contributed by atoms with Gasteiger partial charge in [0, 0.05) is 34.9 Å². The SMILES string of the molecule is COC(=O)NCC1(c2cccc(-c3ncnc4c3ccn4COCCS(C)(C)C)c2)Cc2ccccc2C1. The molecule has 5 rings (SSSR count). The molecule has 38 heavy (non-hydrogen) atoms. The van der Waals surface area contributed by atoms with E-state index < -0.39 is 16.1 Å². The van der Waals surface area contributed by atoms with Gasteiger partial charge in [0.2, 0.25) is 0 Å². The smallest absolute Gasteiger partial charge is 0.406 e. The minimum Gasteiger partial charge on any atom is -0.453 e. The Morgan fingerprint density at radius 3 is 2.53 bits per heavy atom. The lowest BCUT2D eigenvalue weighted by molar-refractivity contribution is 0.0923. The van der Waals surface area contributed by atoms with Crippen molar-refractivity contribution in [3.05, 3.63) is 83.8 Å². The van der Waals surface area contributed by atoms with Crippen LogP contribution in [0.5, 0.6) is 0 Å². The van der Waals surface area contributed by atoms with Crippen molar-refractivity contribution >= 4 is 27.2 Å². The highest BCUT2D eigenvalue weighted by molar-refractivity contribution is 8.32. The number of ether oxygens (including phenoxy) is 2. The first-order chi connectivity index (χ1) is 18.3. The van der Waals surface area contributed by atoms with Crippen molar-refractivity contribution < 1.29 is 14.3 Å². The highest BCUT2D eigenvalue weighted by atomic mass is 32.3. The zero-order chi connectivity index (χ0) is 26.8. The summed E-state index contributed by atoms with van der Waals surface area (Å²) in [7, 11) is 0.813. The number of rotatable bonds is 9. The number of nitrogens with one attached hydrogen (secondary N) is 1. The van der Waals surface area contributed by atoms with E-state index in [9.17, 15) is 4.79 Å². The van der Waals surface area contributed by atoms with Gasteiger partial charge in [0.15, 0.2) is 0 Å². The predicted octanol–water partition coefficient (Wildman–Crippen LogP) is 5.16. The first-order valence-corrected chi connectivity index (χ1v) is 15.8. The van der Waals surface area contributed by atoms with Gasteiger partial charge in [0.1, 0.15) is 18.7 Å². The predicted molar refractivity (Wildman–Crippen MR) is 155 cm³/mol. The third-order valence-corrected chi connectivity index (χ3v) is 8.70. The van der Waals surface area contributed by atoms with Gasteiger partial charge in [0.05, 0.1) is 19.4 Å². The average molecular weight is 533 g/mol. The quantitative estimate of drug-likeness (QED) is 0.301. The van der Waals surface area contributed by atoms with E-state index in [1.807, 2.05) is 10.8 Å². The van der Waals surface area contributed by atoms with Crippen molar-refractivity contribution in [2.24, 2.45) is 0 Å². The maximum atomic E-state index is 12.0. The fourth-order valence-electron chi connectivity index (χ4n) is 5.24. The normalized spacial score (nSPS) is 14.8. The van der Waals surface area contributed by atoms with Crippen molar-refractivity contribution in [1.29, 1.82) is 0 Å². The molecule has 0 atom stereocenters. The summed E-state index contributed by atoms with van der Waals surface area (Å²) >= 11 is 0. The Hall–Kier alpha value is -3.36. The number of amides is 1. The summed E-state index contributed by atoms with van der Waals surface area (Å²) in [4.78, 5) is 21.3. The summed E-state index contributed by atoms with van der Waals surface area (Å²) in [6.45, 7) is 1.69. The first kappa shape index (κ1) is 26.3. The summed E-state index contributed by atoms with van der Waals surface area (Å²) in [5, 5.41) is 3.96. The Kier molecular flexibility index (Phi) is 7.45. The molecule has 1 amide bonds. The largest absolute Gasteiger partial charge is 0.453 e. The fraction of sp³-hybridized carbons (Fsp3) is 0.367. The van der Waals surface area contributed by atoms with Crippen LogP contribution in [0.25, 0.3) is 22.3 Å². The molecule has 4 aromatic rings. The van der Waals surface area contributed by atoms with Crippen LogP contribution in [0.2, 0.25) is 0 Å². The minimum absolute atomic E-state index is 0.269. The molecule has 2 heterocycles. The summed E-state index contributed by atoms with van der Waals surface area (Å²) in [5.41, 5.74) is 6.31. The zero-order valence-electron chi connectivity index (χ0n) is 22.6. The topological polar surface area (TPSA) is 78.3 Å². The van der Waals surface area contributed by atoms with Gasteiger partial charge in [-0.25, -0.2) is 24.8 Å². The van der Waals surface area contributed by atoms with E-state index >= 15 is 0 Å². The highest BCUT2D eigenvalue weighted by Crippen LogP contribution is 2.41. The molecule has 1 aliphatic rings. The number of nitrogens with zero attached hydrogens (tertiary/aromatic N) is 3. The number of alkyl carbamates (subject to hydrolysis) is 1. The molecule has 0 unspecified atom stereocenters. The van der Waals surface area contributed by atoms with E-state index in [0.717, 1.165) is 47.5 Å². The molecule has 0 fully saturated rings. The molecule has 200 valence electrons. The van der Waals surface area contributed by atoms with Gasteiger partial charge in [-0.15, -0.1) is 0 Å². The van der Waals surface area contributed by atoms with Gasteiger partial charge >= 0.3 is 6.09 Å². The maximum absolute atomic E-state index is 12.0. The van der Waals surface area contributed by atoms with Crippen LogP contribution in [0.3, 0.4) is 0 Å². The number of hydrogen-bond acceptors (Lipinski definition) is 5. The lowest BCUT2D eigenvalue weighted by Crippen LogP contribution is -2.41. The highest BCUT2D eigenvalue weighted by Gasteiger charge is 2.39. The molecule has 0 bridgehead atoms. The van der Waals surface area contributed by atoms with Crippen molar-refractivity contribution in [2.45, 2.75) is 25.0 Å². The number of hydrogen-bond donors (Lipinski definition) is 1. The van der Waals surface area contributed by atoms with Gasteiger partial charge in [-0.05, 0) is 60.4 Å². The van der Waals surface area contributed by atoms with E-state index in [1.54, 1.807) is 6.33 Å². The van der Waals surface area contributed by atoms with Crippen LogP contribution in [0.4, 0.5) is 4.79 Å². The van der Waals surface area contributed by atoms with E-state index in [2.05, 4.69) is 88.6 Å². The van der Waals surface area contributed by atoms with Crippen LogP contribution in [0.15, 0.2) is 67.1 Å². The Balaban J connectivity index is 1.45. The van der Waals surface area contributed by atoms with Gasteiger partial charge in [-0.1, -0.05) is 42.5 Å². The van der Waals surface area contributed by atoms with E-state index in [1.165, 1.54) is 23.8 Å². The molecule has 7 nitrogen and oxygen atoms in total. The Labute approximate surface area is 225 Å². The van der Waals surface area contributed by atoms with E-state index in [4.69, 9.17) is 9.47 Å². The Morgan fingerprint density at radius 1 is 1.05 bits per heavy atom. The van der Waals surface area contributed by atoms with Crippen LogP contribution in [0.1, 0.15) is 16.7 Å². The minimum atomic E-state index is -0.585. The second kappa shape index (κ2) is 10.8. The number of carbonyl (C=O) groups is 1. The van der Waals surface area contributed by atoms with Crippen molar-refractivity contribution in [3.8, 4) is 11.3 Å². The van der Waals surface area contributed by atoms with E-state index in [-0.39, 0.29) is 5.41 Å². The van der Waals surface area contributed by atoms with Crippen molar-refractivity contribution in [1.82, 2.24) is 19.9 Å². The van der Waals surface area contributed by atoms with Gasteiger partial charge in [-0.3, -0.25) is 0 Å². The molecular weight excluding hydrogens is 496 g/mol. The number of fused-ring (bicyclic) bond motifs is 2. The number of carbonyl (C=O) groups excluding carboxylic acids is 1. The second-order valence-electron chi connectivity index (χ2n) is 10.9. The molecule has 0 spiro atoms.